The van der Waals surface area contributed by atoms with Crippen molar-refractivity contribution in [2.24, 2.45) is 4.99 Å². The van der Waals surface area contributed by atoms with E-state index in [-0.39, 0.29) is 12.3 Å². The molecule has 1 aliphatic heterocycles. The maximum atomic E-state index is 12.8. The zero-order chi connectivity index (χ0) is 20.4. The Morgan fingerprint density at radius 2 is 1.59 bits per heavy atom. The van der Waals surface area contributed by atoms with E-state index in [4.69, 9.17) is 9.47 Å². The Hall–Kier alpha value is -2.15. The zero-order valence-corrected chi connectivity index (χ0v) is 18.1. The number of carbonyl (C=O) groups is 2. The maximum Gasteiger partial charge on any atom is 0.425 e. The summed E-state index contributed by atoms with van der Waals surface area (Å²) in [4.78, 5) is 30.9. The first-order valence-electron chi connectivity index (χ1n) is 8.65. The normalized spacial score (nSPS) is 14.0. The third-order valence-electron chi connectivity index (χ3n) is 3.25. The average Bonchev–Trinajstić information content (AvgIpc) is 2.65. The molecule has 146 valence electrons. The predicted octanol–water partition coefficient (Wildman–Crippen LogP) is 6.07. The molecular formula is C20H25BrN2O4. The van der Waals surface area contributed by atoms with Gasteiger partial charge < -0.3 is 9.47 Å². The summed E-state index contributed by atoms with van der Waals surface area (Å²) >= 11 is 3.43. The average molecular weight is 437 g/mol. The van der Waals surface area contributed by atoms with Crippen LogP contribution in [0.15, 0.2) is 33.7 Å². The van der Waals surface area contributed by atoms with Crippen molar-refractivity contribution in [2.75, 3.05) is 0 Å². The fourth-order valence-corrected chi connectivity index (χ4v) is 2.66. The Balaban J connectivity index is 2.46. The van der Waals surface area contributed by atoms with E-state index < -0.39 is 23.4 Å². The molecule has 0 fully saturated rings. The van der Waals surface area contributed by atoms with Crippen molar-refractivity contribution in [3.63, 3.8) is 0 Å². The monoisotopic (exact) mass is 436 g/mol. The van der Waals surface area contributed by atoms with E-state index in [0.29, 0.717) is 5.69 Å². The van der Waals surface area contributed by atoms with Gasteiger partial charge in [-0.1, -0.05) is 28.1 Å². The number of hydrogen-bond donors (Lipinski definition) is 0. The summed E-state index contributed by atoms with van der Waals surface area (Å²) in [5.41, 5.74) is 0.00874. The molecule has 1 aromatic rings. The highest BCUT2D eigenvalue weighted by atomic mass is 79.9. The smallest absolute Gasteiger partial charge is 0.425 e. The summed E-state index contributed by atoms with van der Waals surface area (Å²) in [6.07, 6.45) is 2.40. The van der Waals surface area contributed by atoms with Crippen molar-refractivity contribution in [3.8, 4) is 0 Å². The van der Waals surface area contributed by atoms with Crippen LogP contribution in [0, 0.1) is 0 Å². The first-order valence-corrected chi connectivity index (χ1v) is 9.45. The second-order valence-electron chi connectivity index (χ2n) is 8.13. The van der Waals surface area contributed by atoms with Crippen LogP contribution in [-0.2, 0) is 9.47 Å². The minimum absolute atomic E-state index is 0.246. The second-order valence-corrected chi connectivity index (χ2v) is 9.05. The predicted molar refractivity (Wildman–Crippen MR) is 109 cm³/mol. The number of fused-ring (bicyclic) bond motifs is 1. The second kappa shape index (κ2) is 7.84. The molecule has 6 nitrogen and oxygen atoms in total. The lowest BCUT2D eigenvalue weighted by molar-refractivity contribution is 0.0145. The van der Waals surface area contributed by atoms with Gasteiger partial charge in [-0.25, -0.2) is 14.6 Å². The Bertz CT molecular complexity index is 773. The highest BCUT2D eigenvalue weighted by Gasteiger charge is 2.34. The first-order chi connectivity index (χ1) is 12.4. The number of imide groups is 1. The van der Waals surface area contributed by atoms with Crippen molar-refractivity contribution in [1.82, 2.24) is 4.90 Å². The van der Waals surface area contributed by atoms with Crippen molar-refractivity contribution in [1.29, 1.82) is 0 Å². The SMILES string of the molecule is CC(C)(C)OC(=O)N(C(=O)OC(C)(C)C)C1=Nc2ccc(Br)cc2C=CC1. The van der Waals surface area contributed by atoms with E-state index in [1.165, 1.54) is 0 Å². The largest absolute Gasteiger partial charge is 0.443 e. The molecule has 27 heavy (non-hydrogen) atoms. The van der Waals surface area contributed by atoms with Gasteiger partial charge in [-0.3, -0.25) is 0 Å². The van der Waals surface area contributed by atoms with Crippen molar-refractivity contribution >= 4 is 45.7 Å². The number of amides is 2. The summed E-state index contributed by atoms with van der Waals surface area (Å²) in [6.45, 7) is 10.4. The number of halogens is 1. The van der Waals surface area contributed by atoms with E-state index in [1.54, 1.807) is 41.5 Å². The molecule has 1 heterocycles. The van der Waals surface area contributed by atoms with Crippen LogP contribution in [0.4, 0.5) is 15.3 Å². The number of ether oxygens (including phenoxy) is 2. The lowest BCUT2D eigenvalue weighted by atomic mass is 10.2. The molecule has 0 saturated carbocycles. The van der Waals surface area contributed by atoms with E-state index in [9.17, 15) is 9.59 Å². The molecule has 0 N–H and O–H groups in total. The van der Waals surface area contributed by atoms with Gasteiger partial charge in [-0.05, 0) is 59.7 Å². The molecule has 0 saturated heterocycles. The van der Waals surface area contributed by atoms with Gasteiger partial charge in [-0.15, -0.1) is 0 Å². The molecule has 0 unspecified atom stereocenters. The fourth-order valence-electron chi connectivity index (χ4n) is 2.28. The summed E-state index contributed by atoms with van der Waals surface area (Å²) in [7, 11) is 0. The standard InChI is InChI=1S/C20H25BrN2O4/c1-19(2,3)26-17(24)23(18(25)27-20(4,5)6)16-9-7-8-13-12-14(21)10-11-15(13)22-16/h7-8,10-12H,9H2,1-6H3. The molecule has 0 spiro atoms. The molecule has 0 aliphatic carbocycles. The molecule has 2 amide bonds. The van der Waals surface area contributed by atoms with Gasteiger partial charge in [0.1, 0.15) is 17.0 Å². The van der Waals surface area contributed by atoms with Gasteiger partial charge in [-0.2, -0.15) is 4.90 Å². The van der Waals surface area contributed by atoms with Gasteiger partial charge in [0.05, 0.1) is 5.69 Å². The molecule has 0 radical (unpaired) electrons. The van der Waals surface area contributed by atoms with Gasteiger partial charge in [0.15, 0.2) is 0 Å². The van der Waals surface area contributed by atoms with E-state index >= 15 is 0 Å². The number of hydrogen-bond acceptors (Lipinski definition) is 5. The molecule has 1 aliphatic rings. The van der Waals surface area contributed by atoms with E-state index in [1.807, 2.05) is 30.4 Å². The van der Waals surface area contributed by atoms with Crippen LogP contribution in [-0.4, -0.2) is 34.1 Å². The molecule has 1 aromatic carbocycles. The van der Waals surface area contributed by atoms with Crippen LogP contribution in [0.5, 0.6) is 0 Å². The van der Waals surface area contributed by atoms with Crippen molar-refractivity contribution < 1.29 is 19.1 Å². The quantitative estimate of drug-likeness (QED) is 0.494. The highest BCUT2D eigenvalue weighted by molar-refractivity contribution is 9.10. The van der Waals surface area contributed by atoms with Gasteiger partial charge in [0, 0.05) is 16.5 Å². The number of benzene rings is 1. The molecule has 7 heteroatoms. The molecule has 2 rings (SSSR count). The Labute approximate surface area is 168 Å². The minimum Gasteiger partial charge on any atom is -0.443 e. The van der Waals surface area contributed by atoms with Crippen molar-refractivity contribution in [2.45, 2.75) is 59.2 Å². The lowest BCUT2D eigenvalue weighted by Gasteiger charge is -2.28. The van der Waals surface area contributed by atoms with Gasteiger partial charge in [0.2, 0.25) is 0 Å². The van der Waals surface area contributed by atoms with Crippen LogP contribution in [0.2, 0.25) is 0 Å². The van der Waals surface area contributed by atoms with Gasteiger partial charge in [0.25, 0.3) is 0 Å². The first kappa shape index (κ1) is 21.2. The van der Waals surface area contributed by atoms with Crippen LogP contribution >= 0.6 is 15.9 Å². The number of rotatable bonds is 0. The van der Waals surface area contributed by atoms with Crippen LogP contribution in [0.1, 0.15) is 53.5 Å². The summed E-state index contributed by atoms with van der Waals surface area (Å²) in [5.74, 6) is 0.246. The Morgan fingerprint density at radius 1 is 1.04 bits per heavy atom. The lowest BCUT2D eigenvalue weighted by Crippen LogP contribution is -2.46. The highest BCUT2D eigenvalue weighted by Crippen LogP contribution is 2.29. The number of aliphatic imine (C=N–C) groups is 1. The summed E-state index contributed by atoms with van der Waals surface area (Å²) in [6, 6.07) is 5.59. The van der Waals surface area contributed by atoms with E-state index in [0.717, 1.165) is 14.9 Å². The third-order valence-corrected chi connectivity index (χ3v) is 3.74. The molecule has 0 bridgehead atoms. The van der Waals surface area contributed by atoms with Crippen LogP contribution in [0.25, 0.3) is 6.08 Å². The molecular weight excluding hydrogens is 412 g/mol. The Kier molecular flexibility index (Phi) is 6.14. The van der Waals surface area contributed by atoms with Gasteiger partial charge >= 0.3 is 12.2 Å². The Morgan fingerprint density at radius 3 is 2.11 bits per heavy atom. The summed E-state index contributed by atoms with van der Waals surface area (Å²) < 4.78 is 11.7. The third kappa shape index (κ3) is 6.20. The number of carbonyl (C=O) groups excluding carboxylic acids is 2. The minimum atomic E-state index is -0.815. The summed E-state index contributed by atoms with van der Waals surface area (Å²) in [5, 5.41) is 0. The topological polar surface area (TPSA) is 68.2 Å². The van der Waals surface area contributed by atoms with Crippen LogP contribution < -0.4 is 0 Å². The number of amidine groups is 1. The fraction of sp³-hybridized carbons (Fsp3) is 0.450. The van der Waals surface area contributed by atoms with E-state index in [2.05, 4.69) is 20.9 Å². The zero-order valence-electron chi connectivity index (χ0n) is 16.5. The van der Waals surface area contributed by atoms with Crippen LogP contribution in [0.3, 0.4) is 0 Å². The number of nitrogens with zero attached hydrogens (tertiary/aromatic N) is 2. The molecule has 0 aromatic heterocycles. The molecule has 0 atom stereocenters. The maximum absolute atomic E-state index is 12.8. The van der Waals surface area contributed by atoms with Crippen molar-refractivity contribution in [3.05, 3.63) is 34.3 Å².